The van der Waals surface area contributed by atoms with Crippen LogP contribution < -0.4 is 0 Å². The summed E-state index contributed by atoms with van der Waals surface area (Å²) >= 11 is 0. The Labute approximate surface area is 358 Å². The molecule has 2 aliphatic rings. The number of hydrogen-bond acceptors (Lipinski definition) is 4. The van der Waals surface area contributed by atoms with Gasteiger partial charge in [0, 0.05) is 27.5 Å². The first-order chi connectivity index (χ1) is 30.7. The van der Waals surface area contributed by atoms with E-state index < -0.39 is 5.41 Å². The zero-order chi connectivity index (χ0) is 40.8. The summed E-state index contributed by atoms with van der Waals surface area (Å²) in [5.41, 5.74) is 18.3. The number of aromatic nitrogens is 3. The lowest BCUT2D eigenvalue weighted by Gasteiger charge is -2.35. The fraction of sp³-hybridized carbons (Fsp3) is 0.0172. The van der Waals surface area contributed by atoms with Crippen molar-refractivity contribution in [2.24, 2.45) is 0 Å². The molecule has 62 heavy (non-hydrogen) atoms. The predicted molar refractivity (Wildman–Crippen MR) is 251 cm³/mol. The van der Waals surface area contributed by atoms with E-state index >= 15 is 0 Å². The van der Waals surface area contributed by atoms with Crippen LogP contribution in [0.15, 0.2) is 217 Å². The topological polar surface area (TPSA) is 51.8 Å². The maximum Gasteiger partial charge on any atom is 0.164 e. The van der Waals surface area contributed by atoms with E-state index in [2.05, 4.69) is 188 Å². The molecule has 0 bridgehead atoms. The second-order valence-electron chi connectivity index (χ2n) is 16.2. The molecule has 13 rings (SSSR count). The second-order valence-corrected chi connectivity index (χ2v) is 16.2. The van der Waals surface area contributed by atoms with Crippen molar-refractivity contribution in [2.45, 2.75) is 5.41 Å². The third-order valence-corrected chi connectivity index (χ3v) is 13.0. The third kappa shape index (κ3) is 4.98. The molecule has 1 spiro atoms. The number of nitrogens with zero attached hydrogens (tertiary/aromatic N) is 3. The SMILES string of the molecule is c1ccc(-c2ccc(-c3nc(-c4ccc5c(c4)oc4ccccc45)nc(-c4cccc5c4-c4ccccc4C54c5ccccc5-c5ccccc5-c5ccccc54)n3)cc2)cc1. The molecule has 2 aliphatic carbocycles. The fourth-order valence-corrected chi connectivity index (χ4v) is 10.3. The van der Waals surface area contributed by atoms with Crippen molar-refractivity contribution in [3.63, 3.8) is 0 Å². The Morgan fingerprint density at radius 3 is 1.47 bits per heavy atom. The zero-order valence-electron chi connectivity index (χ0n) is 33.5. The lowest BCUT2D eigenvalue weighted by Crippen LogP contribution is -2.29. The molecule has 0 radical (unpaired) electrons. The van der Waals surface area contributed by atoms with Crippen LogP contribution in [0, 0.1) is 0 Å². The van der Waals surface area contributed by atoms with Gasteiger partial charge in [-0.25, -0.2) is 15.0 Å². The highest BCUT2D eigenvalue weighted by molar-refractivity contribution is 6.06. The number of fused-ring (bicyclic) bond motifs is 15. The first-order valence-corrected chi connectivity index (χ1v) is 21.1. The Hall–Kier alpha value is -8.21. The molecule has 4 heteroatoms. The van der Waals surface area contributed by atoms with Crippen LogP contribution in [0.4, 0.5) is 0 Å². The van der Waals surface area contributed by atoms with E-state index in [0.717, 1.165) is 55.3 Å². The highest BCUT2D eigenvalue weighted by atomic mass is 16.3. The lowest BCUT2D eigenvalue weighted by atomic mass is 9.66. The highest BCUT2D eigenvalue weighted by Crippen LogP contribution is 2.62. The highest BCUT2D eigenvalue weighted by Gasteiger charge is 2.50. The first kappa shape index (κ1) is 34.6. The van der Waals surface area contributed by atoms with Crippen LogP contribution in [0.1, 0.15) is 22.3 Å². The average molecular weight is 790 g/mol. The summed E-state index contributed by atoms with van der Waals surface area (Å²) in [7, 11) is 0. The van der Waals surface area contributed by atoms with Crippen molar-refractivity contribution >= 4 is 21.9 Å². The molecule has 0 N–H and O–H groups in total. The average Bonchev–Trinajstić information content (AvgIpc) is 3.84. The fourth-order valence-electron chi connectivity index (χ4n) is 10.3. The van der Waals surface area contributed by atoms with Crippen LogP contribution in [0.2, 0.25) is 0 Å². The molecular weight excluding hydrogens is 755 g/mol. The van der Waals surface area contributed by atoms with Gasteiger partial charge in [-0.05, 0) is 85.0 Å². The van der Waals surface area contributed by atoms with Gasteiger partial charge < -0.3 is 4.42 Å². The molecule has 0 saturated heterocycles. The van der Waals surface area contributed by atoms with Crippen molar-refractivity contribution in [2.75, 3.05) is 0 Å². The van der Waals surface area contributed by atoms with Gasteiger partial charge in [0.25, 0.3) is 0 Å². The van der Waals surface area contributed by atoms with Gasteiger partial charge in [-0.3, -0.25) is 0 Å². The molecule has 288 valence electrons. The molecule has 0 amide bonds. The molecule has 4 nitrogen and oxygen atoms in total. The summed E-state index contributed by atoms with van der Waals surface area (Å²) in [5.74, 6) is 1.80. The minimum atomic E-state index is -0.619. The van der Waals surface area contributed by atoms with Crippen LogP contribution in [-0.4, -0.2) is 15.0 Å². The predicted octanol–water partition coefficient (Wildman–Crippen LogP) is 14.4. The smallest absolute Gasteiger partial charge is 0.164 e. The normalized spacial score (nSPS) is 13.0. The molecule has 2 aromatic heterocycles. The number of benzene rings is 9. The van der Waals surface area contributed by atoms with Crippen molar-refractivity contribution in [3.8, 4) is 78.7 Å². The Morgan fingerprint density at radius 1 is 0.290 bits per heavy atom. The standard InChI is InChI=1S/C58H35N3O/c1-2-15-36(16-3-1)37-29-31-38(32-30-37)55-59-56(39-33-34-45-44-21-9-13-28-52(44)62-53(45)35-39)61-57(60-55)47-23-14-27-51-54(47)46-22-8-12-26-50(46)58(51)48-24-10-6-19-42(48)40-17-4-5-18-41(40)43-20-7-11-25-49(43)58/h1-35H. The number of rotatable bonds is 4. The number of hydrogen-bond donors (Lipinski definition) is 0. The summed E-state index contributed by atoms with van der Waals surface area (Å²) in [6.07, 6.45) is 0. The van der Waals surface area contributed by atoms with Crippen LogP contribution in [0.3, 0.4) is 0 Å². The Kier molecular flexibility index (Phi) is 7.49. The molecule has 0 saturated carbocycles. The first-order valence-electron chi connectivity index (χ1n) is 21.1. The molecule has 0 fully saturated rings. The van der Waals surface area contributed by atoms with Crippen LogP contribution >= 0.6 is 0 Å². The molecule has 0 atom stereocenters. The van der Waals surface area contributed by atoms with Gasteiger partial charge in [0.2, 0.25) is 0 Å². The summed E-state index contributed by atoms with van der Waals surface area (Å²) in [5, 5.41) is 2.14. The van der Waals surface area contributed by atoms with Gasteiger partial charge in [0.05, 0.1) is 5.41 Å². The van der Waals surface area contributed by atoms with Gasteiger partial charge in [-0.2, -0.15) is 0 Å². The molecule has 0 unspecified atom stereocenters. The van der Waals surface area contributed by atoms with Gasteiger partial charge in [0.15, 0.2) is 17.5 Å². The van der Waals surface area contributed by atoms with E-state index in [1.165, 1.54) is 50.1 Å². The largest absolute Gasteiger partial charge is 0.456 e. The van der Waals surface area contributed by atoms with Crippen molar-refractivity contribution < 1.29 is 4.42 Å². The van der Waals surface area contributed by atoms with E-state index in [9.17, 15) is 0 Å². The Morgan fingerprint density at radius 2 is 0.758 bits per heavy atom. The maximum atomic E-state index is 6.38. The second kappa shape index (κ2) is 13.4. The van der Waals surface area contributed by atoms with Crippen LogP contribution in [0.5, 0.6) is 0 Å². The third-order valence-electron chi connectivity index (χ3n) is 13.0. The summed E-state index contributed by atoms with van der Waals surface area (Å²) in [6, 6.07) is 75.8. The molecule has 0 aliphatic heterocycles. The van der Waals surface area contributed by atoms with Crippen molar-refractivity contribution in [1.29, 1.82) is 0 Å². The quantitative estimate of drug-likeness (QED) is 0.178. The van der Waals surface area contributed by atoms with Gasteiger partial charge in [-0.15, -0.1) is 0 Å². The van der Waals surface area contributed by atoms with Crippen LogP contribution in [-0.2, 0) is 5.41 Å². The summed E-state index contributed by atoms with van der Waals surface area (Å²) in [6.45, 7) is 0. The van der Waals surface area contributed by atoms with Gasteiger partial charge in [-0.1, -0.05) is 194 Å². The minimum absolute atomic E-state index is 0.582. The Balaban J connectivity index is 1.07. The number of para-hydroxylation sites is 1. The minimum Gasteiger partial charge on any atom is -0.456 e. The summed E-state index contributed by atoms with van der Waals surface area (Å²) < 4.78 is 6.38. The molecule has 2 heterocycles. The van der Waals surface area contributed by atoms with Gasteiger partial charge >= 0.3 is 0 Å². The lowest BCUT2D eigenvalue weighted by molar-refractivity contribution is 0.669. The maximum absolute atomic E-state index is 6.38. The monoisotopic (exact) mass is 789 g/mol. The van der Waals surface area contributed by atoms with E-state index in [-0.39, 0.29) is 0 Å². The zero-order valence-corrected chi connectivity index (χ0v) is 33.5. The number of furan rings is 1. The van der Waals surface area contributed by atoms with Crippen molar-refractivity contribution in [1.82, 2.24) is 15.0 Å². The molecule has 9 aromatic carbocycles. The van der Waals surface area contributed by atoms with E-state index in [0.29, 0.717) is 17.5 Å². The van der Waals surface area contributed by atoms with Crippen molar-refractivity contribution in [3.05, 3.63) is 235 Å². The van der Waals surface area contributed by atoms with E-state index in [1.54, 1.807) is 0 Å². The van der Waals surface area contributed by atoms with E-state index in [4.69, 9.17) is 19.4 Å². The molecular formula is C58H35N3O. The van der Waals surface area contributed by atoms with Gasteiger partial charge in [0.1, 0.15) is 11.2 Å². The Bertz CT molecular complexity index is 3520. The van der Waals surface area contributed by atoms with E-state index in [1.807, 2.05) is 24.3 Å². The molecule has 11 aromatic rings. The summed E-state index contributed by atoms with van der Waals surface area (Å²) in [4.78, 5) is 16.0. The van der Waals surface area contributed by atoms with Crippen LogP contribution in [0.25, 0.3) is 101 Å².